The van der Waals surface area contributed by atoms with Crippen LogP contribution in [-0.2, 0) is 24.9 Å². The van der Waals surface area contributed by atoms with Crippen molar-refractivity contribution in [2.75, 3.05) is 24.4 Å². The van der Waals surface area contributed by atoms with E-state index in [-0.39, 0.29) is 10.9 Å². The summed E-state index contributed by atoms with van der Waals surface area (Å²) in [5, 5.41) is 28.2. The van der Waals surface area contributed by atoms with Gasteiger partial charge in [-0.3, -0.25) is 9.13 Å². The molecule has 0 saturated carbocycles. The predicted molar refractivity (Wildman–Crippen MR) is 134 cm³/mol. The van der Waals surface area contributed by atoms with Crippen molar-refractivity contribution in [2.45, 2.75) is 31.9 Å². The molecule has 204 valence electrons. The molecule has 6 N–H and O–H groups in total. The lowest BCUT2D eigenvalue weighted by atomic mass is 10.2. The molecule has 0 radical (unpaired) electrons. The Balaban J connectivity index is 1.83. The van der Waals surface area contributed by atoms with Gasteiger partial charge in [-0.2, -0.15) is 15.1 Å². The lowest BCUT2D eigenvalue weighted by molar-refractivity contribution is -0.137. The van der Waals surface area contributed by atoms with Crippen LogP contribution in [0.5, 0.6) is 0 Å². The first kappa shape index (κ1) is 29.9. The average Bonchev–Trinajstić information content (AvgIpc) is 3.20. The summed E-state index contributed by atoms with van der Waals surface area (Å²) in [4.78, 5) is 35.9. The molecule has 2 aromatic heterocycles. The minimum Gasteiger partial charge on any atom is -0.394 e. The lowest BCUT2D eigenvalue weighted by Crippen LogP contribution is -2.33. The van der Waals surface area contributed by atoms with Crippen LogP contribution in [0.4, 0.5) is 5.82 Å². The highest BCUT2D eigenvalue weighted by Crippen LogP contribution is 2.55. The van der Waals surface area contributed by atoms with Crippen molar-refractivity contribution in [1.29, 1.82) is 0 Å². The van der Waals surface area contributed by atoms with Crippen molar-refractivity contribution < 1.29 is 43.3 Å². The van der Waals surface area contributed by atoms with Crippen molar-refractivity contribution >= 4 is 55.2 Å². The summed E-state index contributed by atoms with van der Waals surface area (Å²) in [6, 6.07) is 7.20. The largest absolute Gasteiger partial charge is 0.394 e. The SMILES string of the molecule is C[C@@H](O)[C@@H](O[C@@H](CO)COP(=O)(O)CP(=O)(O)O)n1ncc2c(NCc3ccccc3Cl)nc(Cl)nc21. The molecular weight excluding hydrogens is 575 g/mol. The average molecular weight is 600 g/mol. The van der Waals surface area contributed by atoms with Crippen LogP contribution >= 0.6 is 38.4 Å². The van der Waals surface area contributed by atoms with Gasteiger partial charge in [-0.15, -0.1) is 0 Å². The number of halogens is 2. The standard InChI is InChI=1S/C19H25Cl2N5O9P2/c1-11(28)18(35-13(8-27)9-34-37(32,33)10-36(29,30)31)26-17-14(7-23-26)16(24-19(21)25-17)22-6-12-4-2-3-5-15(12)20/h2-5,7,11,13,18,27-28H,6,8-10H2,1H3,(H,32,33)(H,22,24,25)(H2,29,30,31)/t11-,13+,18-/m1/s1. The smallest absolute Gasteiger partial charge is 0.340 e. The Hall–Kier alpha value is -1.67. The van der Waals surface area contributed by atoms with Crippen LogP contribution in [0.15, 0.2) is 30.5 Å². The second kappa shape index (κ2) is 12.5. The molecule has 18 heteroatoms. The number of ether oxygens (including phenoxy) is 1. The van der Waals surface area contributed by atoms with E-state index in [9.17, 15) is 24.2 Å². The van der Waals surface area contributed by atoms with Gasteiger partial charge in [0.15, 0.2) is 17.8 Å². The van der Waals surface area contributed by atoms with Crippen molar-refractivity contribution in [3.05, 3.63) is 46.3 Å². The van der Waals surface area contributed by atoms with Gasteiger partial charge in [0.25, 0.3) is 0 Å². The molecule has 1 unspecified atom stereocenters. The first-order chi connectivity index (χ1) is 17.3. The topological polar surface area (TPSA) is 209 Å². The number of hydrogen-bond acceptors (Lipinski definition) is 10. The summed E-state index contributed by atoms with van der Waals surface area (Å²) in [7, 11) is -9.53. The van der Waals surface area contributed by atoms with Gasteiger partial charge in [0.2, 0.25) is 5.28 Å². The van der Waals surface area contributed by atoms with E-state index in [1.54, 1.807) is 12.1 Å². The molecule has 1 aromatic carbocycles. The quantitative estimate of drug-likeness (QED) is 0.123. The van der Waals surface area contributed by atoms with Crippen molar-refractivity contribution in [1.82, 2.24) is 19.7 Å². The Bertz CT molecular complexity index is 1320. The van der Waals surface area contributed by atoms with Gasteiger partial charge in [0, 0.05) is 11.6 Å². The predicted octanol–water partition coefficient (Wildman–Crippen LogP) is 2.34. The molecule has 0 aliphatic carbocycles. The Kier molecular flexibility index (Phi) is 10.1. The third-order valence-corrected chi connectivity index (χ3v) is 8.84. The van der Waals surface area contributed by atoms with Crippen molar-refractivity contribution in [2.24, 2.45) is 0 Å². The van der Waals surface area contributed by atoms with E-state index in [4.69, 9.17) is 42.2 Å². The van der Waals surface area contributed by atoms with Gasteiger partial charge in [0.05, 0.1) is 30.9 Å². The van der Waals surface area contributed by atoms with E-state index in [1.165, 1.54) is 17.8 Å². The summed E-state index contributed by atoms with van der Waals surface area (Å²) in [5.41, 5.74) is 0.967. The Morgan fingerprint density at radius 3 is 2.49 bits per heavy atom. The molecule has 0 saturated heterocycles. The van der Waals surface area contributed by atoms with Gasteiger partial charge in [-0.05, 0) is 30.2 Å². The van der Waals surface area contributed by atoms with E-state index >= 15 is 0 Å². The zero-order valence-corrected chi connectivity index (χ0v) is 22.6. The van der Waals surface area contributed by atoms with Crippen molar-refractivity contribution in [3.8, 4) is 0 Å². The number of benzene rings is 1. The summed E-state index contributed by atoms with van der Waals surface area (Å²) < 4.78 is 34.5. The summed E-state index contributed by atoms with van der Waals surface area (Å²) in [6.45, 7) is 0.243. The third kappa shape index (κ3) is 8.41. The maximum absolute atomic E-state index is 11.9. The number of nitrogens with one attached hydrogen (secondary N) is 1. The molecule has 2 heterocycles. The van der Waals surface area contributed by atoms with Crippen LogP contribution < -0.4 is 5.32 Å². The van der Waals surface area contributed by atoms with E-state index in [0.717, 1.165) is 5.56 Å². The number of hydrogen-bond donors (Lipinski definition) is 6. The van der Waals surface area contributed by atoms with Gasteiger partial charge in [0.1, 0.15) is 11.9 Å². The minimum atomic E-state index is -4.84. The van der Waals surface area contributed by atoms with Gasteiger partial charge in [-0.25, -0.2) is 4.68 Å². The number of anilines is 1. The van der Waals surface area contributed by atoms with Crippen LogP contribution in [0.3, 0.4) is 0 Å². The molecule has 0 spiro atoms. The molecule has 0 aliphatic rings. The minimum absolute atomic E-state index is 0.138. The van der Waals surface area contributed by atoms with Crippen LogP contribution in [0.1, 0.15) is 18.7 Å². The molecule has 37 heavy (non-hydrogen) atoms. The van der Waals surface area contributed by atoms with Crippen LogP contribution in [0.2, 0.25) is 10.3 Å². The second-order valence-electron chi connectivity index (χ2n) is 7.92. The van der Waals surface area contributed by atoms with Crippen LogP contribution in [0, 0.1) is 0 Å². The van der Waals surface area contributed by atoms with E-state index in [1.807, 2.05) is 12.1 Å². The number of aromatic nitrogens is 4. The monoisotopic (exact) mass is 599 g/mol. The lowest BCUT2D eigenvalue weighted by Gasteiger charge is -2.26. The Morgan fingerprint density at radius 1 is 1.16 bits per heavy atom. The fraction of sp³-hybridized carbons (Fsp3) is 0.421. The number of rotatable bonds is 13. The van der Waals surface area contributed by atoms with E-state index in [0.29, 0.717) is 22.8 Å². The van der Waals surface area contributed by atoms with Crippen molar-refractivity contribution in [3.63, 3.8) is 0 Å². The zero-order chi connectivity index (χ0) is 27.4. The summed E-state index contributed by atoms with van der Waals surface area (Å²) >= 11 is 12.3. The molecule has 3 aromatic rings. The van der Waals surface area contributed by atoms with E-state index in [2.05, 4.69) is 20.4 Å². The molecule has 14 nitrogen and oxygen atoms in total. The Morgan fingerprint density at radius 2 is 1.86 bits per heavy atom. The maximum atomic E-state index is 11.9. The highest BCUT2D eigenvalue weighted by Gasteiger charge is 2.33. The van der Waals surface area contributed by atoms with Gasteiger partial charge >= 0.3 is 15.2 Å². The van der Waals surface area contributed by atoms with Gasteiger partial charge in [-0.1, -0.05) is 29.8 Å². The number of aliphatic hydroxyl groups excluding tert-OH is 2. The number of fused-ring (bicyclic) bond motifs is 1. The molecular formula is C19H25Cl2N5O9P2. The second-order valence-corrected chi connectivity index (χ2v) is 12.7. The highest BCUT2D eigenvalue weighted by atomic mass is 35.5. The first-order valence-corrected chi connectivity index (χ1v) is 14.9. The first-order valence-electron chi connectivity index (χ1n) is 10.6. The molecule has 3 rings (SSSR count). The van der Waals surface area contributed by atoms with Gasteiger partial charge < -0.3 is 39.5 Å². The molecule has 0 aliphatic heterocycles. The number of aliphatic hydroxyl groups is 2. The van der Waals surface area contributed by atoms with Crippen LogP contribution in [0.25, 0.3) is 11.0 Å². The number of nitrogens with zero attached hydrogens (tertiary/aromatic N) is 4. The zero-order valence-electron chi connectivity index (χ0n) is 19.3. The fourth-order valence-electron chi connectivity index (χ4n) is 3.22. The third-order valence-electron chi connectivity index (χ3n) is 4.84. The molecule has 0 fully saturated rings. The molecule has 4 atom stereocenters. The highest BCUT2D eigenvalue weighted by molar-refractivity contribution is 7.70. The summed E-state index contributed by atoms with van der Waals surface area (Å²) in [6.07, 6.45) is -2.39. The fourth-order valence-corrected chi connectivity index (χ4v) is 6.18. The summed E-state index contributed by atoms with van der Waals surface area (Å²) in [5.74, 6) is -1.08. The molecule has 0 amide bonds. The van der Waals surface area contributed by atoms with Crippen LogP contribution in [-0.4, -0.2) is 76.0 Å². The molecule has 0 bridgehead atoms. The van der Waals surface area contributed by atoms with E-state index < -0.39 is 52.7 Å². The normalized spacial score (nSPS) is 16.3. The Labute approximate surface area is 220 Å². The maximum Gasteiger partial charge on any atom is 0.340 e.